The first-order valence-electron chi connectivity index (χ1n) is 7.15. The lowest BCUT2D eigenvalue weighted by Gasteiger charge is -2.33. The van der Waals surface area contributed by atoms with E-state index >= 15 is 0 Å². The molecule has 0 saturated heterocycles. The first-order valence-corrected chi connectivity index (χ1v) is 7.72. The quantitative estimate of drug-likeness (QED) is 0.662. The van der Waals surface area contributed by atoms with Crippen molar-refractivity contribution in [2.24, 2.45) is 0 Å². The summed E-state index contributed by atoms with van der Waals surface area (Å²) >= 11 is 0. The highest BCUT2D eigenvalue weighted by Crippen LogP contribution is 2.38. The molecule has 0 radical (unpaired) electrons. The van der Waals surface area contributed by atoms with Gasteiger partial charge in [-0.2, -0.15) is 0 Å². The Bertz CT molecular complexity index is 414. The molecule has 18 heavy (non-hydrogen) atoms. The van der Waals surface area contributed by atoms with Crippen LogP contribution < -0.4 is 5.30 Å². The summed E-state index contributed by atoms with van der Waals surface area (Å²) in [6, 6.07) is 4.59. The Labute approximate surface area is 116 Å². The first kappa shape index (κ1) is 15.7. The van der Waals surface area contributed by atoms with Gasteiger partial charge in [-0.3, -0.25) is 0 Å². The van der Waals surface area contributed by atoms with Crippen molar-refractivity contribution in [3.63, 3.8) is 0 Å². The van der Waals surface area contributed by atoms with E-state index in [0.717, 1.165) is 0 Å². The molecule has 0 aliphatic rings. The third-order valence-corrected chi connectivity index (χ3v) is 4.57. The average Bonchev–Trinajstić information content (AvgIpc) is 2.27. The topological polar surface area (TPSA) is 0 Å². The molecule has 0 bridgehead atoms. The predicted octanol–water partition coefficient (Wildman–Crippen LogP) is 5.12. The van der Waals surface area contributed by atoms with Crippen molar-refractivity contribution in [3.8, 4) is 0 Å². The molecule has 0 spiro atoms. The summed E-state index contributed by atoms with van der Waals surface area (Å²) in [4.78, 5) is 0. The van der Waals surface area contributed by atoms with E-state index in [1.807, 2.05) is 0 Å². The van der Waals surface area contributed by atoms with Crippen molar-refractivity contribution in [2.45, 2.75) is 72.1 Å². The molecule has 1 heteroatoms. The molecule has 0 heterocycles. The molecule has 0 fully saturated rings. The molecule has 1 rings (SSSR count). The highest BCUT2D eigenvalue weighted by Gasteiger charge is 2.27. The third kappa shape index (κ3) is 2.97. The zero-order valence-corrected chi connectivity index (χ0v) is 14.2. The van der Waals surface area contributed by atoms with E-state index in [4.69, 9.17) is 0 Å². The fourth-order valence-corrected chi connectivity index (χ4v) is 3.26. The monoisotopic (exact) mass is 264 g/mol. The number of rotatable bonds is 4. The molecule has 1 aromatic rings. The van der Waals surface area contributed by atoms with Crippen molar-refractivity contribution in [1.29, 1.82) is 0 Å². The number of hydrogen-bond donors (Lipinski definition) is 0. The normalized spacial score (nSPS) is 12.6. The van der Waals surface area contributed by atoms with E-state index < -0.39 is 0 Å². The van der Waals surface area contributed by atoms with E-state index in [9.17, 15) is 0 Å². The SMILES string of the molecule is CCC(C)(C)c1c(C(C)C)ccc(P)c1C(C)C. The summed E-state index contributed by atoms with van der Waals surface area (Å²) in [5.74, 6) is 1.17. The second-order valence-electron chi connectivity index (χ2n) is 6.58. The molecule has 1 aromatic carbocycles. The molecule has 0 N–H and O–H groups in total. The predicted molar refractivity (Wildman–Crippen MR) is 87.3 cm³/mol. The van der Waals surface area contributed by atoms with Gasteiger partial charge in [0.1, 0.15) is 0 Å². The lowest BCUT2D eigenvalue weighted by molar-refractivity contribution is 0.491. The van der Waals surface area contributed by atoms with Crippen LogP contribution in [0.5, 0.6) is 0 Å². The summed E-state index contributed by atoms with van der Waals surface area (Å²) < 4.78 is 0. The fourth-order valence-electron chi connectivity index (χ4n) is 2.69. The maximum absolute atomic E-state index is 2.92. The van der Waals surface area contributed by atoms with Crippen molar-refractivity contribution < 1.29 is 0 Å². The maximum atomic E-state index is 2.92. The molecule has 1 atom stereocenters. The molecule has 0 saturated carbocycles. The van der Waals surface area contributed by atoms with Gasteiger partial charge in [0.2, 0.25) is 0 Å². The molecule has 0 amide bonds. The van der Waals surface area contributed by atoms with Gasteiger partial charge in [-0.05, 0) is 45.7 Å². The smallest absolute Gasteiger partial charge is 0.0100 e. The Hall–Kier alpha value is -0.350. The van der Waals surface area contributed by atoms with Crippen LogP contribution in [0.4, 0.5) is 0 Å². The molecule has 0 aromatic heterocycles. The molecule has 102 valence electrons. The van der Waals surface area contributed by atoms with Gasteiger partial charge in [0.15, 0.2) is 0 Å². The van der Waals surface area contributed by atoms with Crippen LogP contribution in [0.2, 0.25) is 0 Å². The number of hydrogen-bond acceptors (Lipinski definition) is 0. The lowest BCUT2D eigenvalue weighted by Crippen LogP contribution is -2.25. The average molecular weight is 264 g/mol. The fraction of sp³-hybridized carbons (Fsp3) is 0.647. The standard InChI is InChI=1S/C17H29P/c1-8-17(6,7)16-13(11(2)3)9-10-14(18)15(16)12(4)5/h9-12H,8,18H2,1-7H3. The van der Waals surface area contributed by atoms with Crippen LogP contribution in [-0.4, -0.2) is 0 Å². The van der Waals surface area contributed by atoms with Gasteiger partial charge in [0, 0.05) is 0 Å². The Morgan fingerprint density at radius 2 is 1.61 bits per heavy atom. The van der Waals surface area contributed by atoms with Crippen molar-refractivity contribution in [1.82, 2.24) is 0 Å². The zero-order valence-electron chi connectivity index (χ0n) is 13.1. The Kier molecular flexibility index (Phi) is 5.01. The number of benzene rings is 1. The van der Waals surface area contributed by atoms with Crippen molar-refractivity contribution in [2.75, 3.05) is 0 Å². The van der Waals surface area contributed by atoms with Crippen LogP contribution in [0.15, 0.2) is 12.1 Å². The van der Waals surface area contributed by atoms with Gasteiger partial charge in [-0.1, -0.05) is 60.6 Å². The second kappa shape index (κ2) is 5.74. The second-order valence-corrected chi connectivity index (χ2v) is 7.20. The largest absolute Gasteiger partial charge is 0.105 e. The van der Waals surface area contributed by atoms with E-state index in [2.05, 4.69) is 69.8 Å². The minimum absolute atomic E-state index is 0.256. The van der Waals surface area contributed by atoms with Crippen LogP contribution in [0.3, 0.4) is 0 Å². The summed E-state index contributed by atoms with van der Waals surface area (Å²) in [6.45, 7) is 16.3. The summed E-state index contributed by atoms with van der Waals surface area (Å²) in [5.41, 5.74) is 4.91. The zero-order chi connectivity index (χ0) is 14.1. The third-order valence-electron chi connectivity index (χ3n) is 4.07. The molecule has 1 unspecified atom stereocenters. The van der Waals surface area contributed by atoms with Crippen LogP contribution in [0.1, 0.15) is 83.4 Å². The van der Waals surface area contributed by atoms with E-state index in [-0.39, 0.29) is 5.41 Å². The minimum Gasteiger partial charge on any atom is -0.105 e. The molecular weight excluding hydrogens is 235 g/mol. The van der Waals surface area contributed by atoms with Gasteiger partial charge < -0.3 is 0 Å². The first-order chi connectivity index (χ1) is 8.22. The van der Waals surface area contributed by atoms with Crippen molar-refractivity contribution >= 4 is 14.5 Å². The summed E-state index contributed by atoms with van der Waals surface area (Å²) in [5, 5.41) is 1.37. The highest BCUT2D eigenvalue weighted by atomic mass is 31.0. The Morgan fingerprint density at radius 1 is 1.06 bits per heavy atom. The Balaban J connectivity index is 3.64. The molecule has 0 nitrogen and oxygen atoms in total. The van der Waals surface area contributed by atoms with Crippen LogP contribution in [0.25, 0.3) is 0 Å². The minimum atomic E-state index is 0.256. The van der Waals surface area contributed by atoms with Gasteiger partial charge >= 0.3 is 0 Å². The van der Waals surface area contributed by atoms with Gasteiger partial charge in [-0.15, -0.1) is 9.24 Å². The molecular formula is C17H29P. The summed E-state index contributed by atoms with van der Waals surface area (Å²) in [7, 11) is 2.92. The maximum Gasteiger partial charge on any atom is -0.0100 e. The lowest BCUT2D eigenvalue weighted by atomic mass is 9.73. The van der Waals surface area contributed by atoms with Gasteiger partial charge in [-0.25, -0.2) is 0 Å². The van der Waals surface area contributed by atoms with Crippen LogP contribution >= 0.6 is 9.24 Å². The van der Waals surface area contributed by atoms with Gasteiger partial charge in [0.25, 0.3) is 0 Å². The highest BCUT2D eigenvalue weighted by molar-refractivity contribution is 7.27. The van der Waals surface area contributed by atoms with Crippen LogP contribution in [0, 0.1) is 0 Å². The van der Waals surface area contributed by atoms with E-state index in [0.29, 0.717) is 11.8 Å². The van der Waals surface area contributed by atoms with Crippen LogP contribution in [-0.2, 0) is 5.41 Å². The van der Waals surface area contributed by atoms with E-state index in [1.165, 1.54) is 22.9 Å². The Morgan fingerprint density at radius 3 is 2.00 bits per heavy atom. The van der Waals surface area contributed by atoms with Gasteiger partial charge in [0.05, 0.1) is 0 Å². The molecule has 0 aliphatic carbocycles. The van der Waals surface area contributed by atoms with E-state index in [1.54, 1.807) is 5.56 Å². The summed E-state index contributed by atoms with van der Waals surface area (Å²) in [6.07, 6.45) is 1.18. The molecule has 0 aliphatic heterocycles. The van der Waals surface area contributed by atoms with Crippen molar-refractivity contribution in [3.05, 3.63) is 28.8 Å².